The first-order valence-corrected chi connectivity index (χ1v) is 13.8. The summed E-state index contributed by atoms with van der Waals surface area (Å²) in [4.78, 5) is 0.162. The van der Waals surface area contributed by atoms with Crippen molar-refractivity contribution in [3.8, 4) is 17.2 Å². The van der Waals surface area contributed by atoms with Crippen molar-refractivity contribution in [3.63, 3.8) is 0 Å². The zero-order valence-corrected chi connectivity index (χ0v) is 22.7. The van der Waals surface area contributed by atoms with Gasteiger partial charge in [-0.1, -0.05) is 35.4 Å². The number of methoxy groups -OCH3 is 3. The molecule has 194 valence electrons. The summed E-state index contributed by atoms with van der Waals surface area (Å²) in [5.74, 6) is 1.92. The van der Waals surface area contributed by atoms with Crippen LogP contribution in [0, 0.1) is 5.92 Å². The molecule has 0 aromatic heterocycles. The second-order valence-electron chi connectivity index (χ2n) is 8.95. The molecule has 7 nitrogen and oxygen atoms in total. The lowest BCUT2D eigenvalue weighted by Crippen LogP contribution is -2.29. The quantitative estimate of drug-likeness (QED) is 0.315. The van der Waals surface area contributed by atoms with Crippen LogP contribution >= 0.6 is 23.2 Å². The van der Waals surface area contributed by atoms with Gasteiger partial charge in [0.25, 0.3) is 10.0 Å². The Balaban J connectivity index is 1.50. The van der Waals surface area contributed by atoms with Gasteiger partial charge in [-0.2, -0.15) is 0 Å². The Bertz CT molecular complexity index is 1450. The van der Waals surface area contributed by atoms with Crippen LogP contribution in [0.1, 0.15) is 29.5 Å². The number of rotatable bonds is 7. The van der Waals surface area contributed by atoms with Crippen molar-refractivity contribution in [2.75, 3.05) is 31.4 Å². The topological polar surface area (TPSA) is 85.9 Å². The van der Waals surface area contributed by atoms with Crippen LogP contribution in [0.3, 0.4) is 0 Å². The highest BCUT2D eigenvalue weighted by atomic mass is 35.5. The van der Waals surface area contributed by atoms with E-state index < -0.39 is 10.0 Å². The number of hydrogen-bond donors (Lipinski definition) is 2. The number of nitrogens with one attached hydrogen (secondary N) is 2. The predicted molar refractivity (Wildman–Crippen MR) is 146 cm³/mol. The number of fused-ring (bicyclic) bond motifs is 3. The summed E-state index contributed by atoms with van der Waals surface area (Å²) >= 11 is 12.1. The maximum Gasteiger partial charge on any atom is 0.261 e. The van der Waals surface area contributed by atoms with Crippen LogP contribution in [0.15, 0.2) is 65.6 Å². The first kappa shape index (κ1) is 25.6. The Hall–Kier alpha value is -3.07. The molecule has 1 aliphatic carbocycles. The minimum absolute atomic E-state index is 0.0381. The van der Waals surface area contributed by atoms with Gasteiger partial charge in [0, 0.05) is 21.7 Å². The van der Waals surface area contributed by atoms with Crippen LogP contribution in [0.5, 0.6) is 17.2 Å². The molecule has 3 aromatic carbocycles. The molecule has 2 N–H and O–H groups in total. The predicted octanol–water partition coefficient (Wildman–Crippen LogP) is 6.65. The van der Waals surface area contributed by atoms with Crippen molar-refractivity contribution in [1.82, 2.24) is 0 Å². The second-order valence-corrected chi connectivity index (χ2v) is 11.5. The third-order valence-electron chi connectivity index (χ3n) is 6.81. The molecule has 0 bridgehead atoms. The molecule has 0 spiro atoms. The highest BCUT2D eigenvalue weighted by Gasteiger charge is 2.39. The Labute approximate surface area is 226 Å². The number of allylic oxidation sites excluding steroid dienone is 2. The van der Waals surface area contributed by atoms with Crippen molar-refractivity contribution in [2.45, 2.75) is 23.3 Å². The number of benzene rings is 3. The van der Waals surface area contributed by atoms with Crippen LogP contribution in [-0.4, -0.2) is 29.7 Å². The highest BCUT2D eigenvalue weighted by molar-refractivity contribution is 7.92. The van der Waals surface area contributed by atoms with Crippen molar-refractivity contribution in [3.05, 3.63) is 81.9 Å². The smallest absolute Gasteiger partial charge is 0.261 e. The summed E-state index contributed by atoms with van der Waals surface area (Å²) in [6.45, 7) is 0. The van der Waals surface area contributed by atoms with Gasteiger partial charge in [-0.25, -0.2) is 8.42 Å². The standard InChI is InChI=1S/C27H26Cl2N2O5S/c1-34-24-9-15(10-25(35-2)27(24)36-3)26-21-6-4-5-20(21)22-14-19(7-8-23(22)30-26)37(32,33)31-18-12-16(28)11-17(29)13-18/h4-5,7-14,20-21,26,30-31H,6H2,1-3H3/t20-,21+,26+/m0/s1. The number of sulfonamides is 1. The maximum atomic E-state index is 13.2. The van der Waals surface area contributed by atoms with E-state index in [0.717, 1.165) is 23.2 Å². The van der Waals surface area contributed by atoms with E-state index in [4.69, 9.17) is 37.4 Å². The van der Waals surface area contributed by atoms with E-state index in [2.05, 4.69) is 22.2 Å². The molecular formula is C27H26Cl2N2O5S. The largest absolute Gasteiger partial charge is 0.493 e. The van der Waals surface area contributed by atoms with E-state index >= 15 is 0 Å². The summed E-state index contributed by atoms with van der Waals surface area (Å²) in [7, 11) is 0.901. The van der Waals surface area contributed by atoms with Gasteiger partial charge < -0.3 is 19.5 Å². The van der Waals surface area contributed by atoms with Crippen LogP contribution in [0.4, 0.5) is 11.4 Å². The first-order valence-electron chi connectivity index (χ1n) is 11.6. The lowest BCUT2D eigenvalue weighted by Gasteiger charge is -2.38. The zero-order valence-electron chi connectivity index (χ0n) is 20.4. The van der Waals surface area contributed by atoms with E-state index in [1.54, 1.807) is 39.5 Å². The SMILES string of the molecule is COc1cc([C@H]2Nc3ccc(S(=O)(=O)Nc4cc(Cl)cc(Cl)c4)cc3[C@H]3C=CC[C@H]32)cc(OC)c1OC. The lowest BCUT2D eigenvalue weighted by atomic mass is 9.77. The van der Waals surface area contributed by atoms with E-state index in [9.17, 15) is 8.42 Å². The van der Waals surface area contributed by atoms with Gasteiger partial charge in [0.15, 0.2) is 11.5 Å². The van der Waals surface area contributed by atoms with Gasteiger partial charge in [-0.15, -0.1) is 0 Å². The summed E-state index contributed by atoms with van der Waals surface area (Å²) < 4.78 is 45.6. The van der Waals surface area contributed by atoms with Crippen molar-refractivity contribution in [2.24, 2.45) is 5.92 Å². The summed E-state index contributed by atoms with van der Waals surface area (Å²) in [5, 5.41) is 4.31. The molecule has 0 fully saturated rings. The number of ether oxygens (including phenoxy) is 3. The van der Waals surface area contributed by atoms with Crippen molar-refractivity contribution in [1.29, 1.82) is 0 Å². The van der Waals surface area contributed by atoms with Crippen LogP contribution in [-0.2, 0) is 10.0 Å². The summed E-state index contributed by atoms with van der Waals surface area (Å²) in [6, 6.07) is 13.6. The maximum absolute atomic E-state index is 13.2. The fourth-order valence-electron chi connectivity index (χ4n) is 5.18. The van der Waals surface area contributed by atoms with E-state index in [1.807, 2.05) is 18.2 Å². The lowest BCUT2D eigenvalue weighted by molar-refractivity contribution is 0.322. The summed E-state index contributed by atoms with van der Waals surface area (Å²) in [6.07, 6.45) is 5.13. The minimum atomic E-state index is -3.87. The van der Waals surface area contributed by atoms with Gasteiger partial charge in [0.1, 0.15) is 0 Å². The zero-order chi connectivity index (χ0) is 26.3. The van der Waals surface area contributed by atoms with Gasteiger partial charge in [0.2, 0.25) is 5.75 Å². The average Bonchev–Trinajstić information content (AvgIpc) is 3.36. The third-order valence-corrected chi connectivity index (χ3v) is 8.62. The minimum Gasteiger partial charge on any atom is -0.493 e. The van der Waals surface area contributed by atoms with Gasteiger partial charge in [-0.3, -0.25) is 4.72 Å². The molecule has 3 atom stereocenters. The number of halogens is 2. The van der Waals surface area contributed by atoms with Crippen molar-refractivity contribution >= 4 is 44.6 Å². The molecule has 5 rings (SSSR count). The Morgan fingerprint density at radius 2 is 1.59 bits per heavy atom. The first-order chi connectivity index (χ1) is 17.7. The Morgan fingerprint density at radius 1 is 0.919 bits per heavy atom. The molecule has 2 aliphatic rings. The Kier molecular flexibility index (Phi) is 6.91. The number of anilines is 2. The van der Waals surface area contributed by atoms with E-state index in [1.165, 1.54) is 12.1 Å². The van der Waals surface area contributed by atoms with Gasteiger partial charge in [0.05, 0.1) is 38.0 Å². The van der Waals surface area contributed by atoms with Crippen LogP contribution in [0.2, 0.25) is 10.0 Å². The van der Waals surface area contributed by atoms with Gasteiger partial charge in [-0.05, 0) is 72.0 Å². The Morgan fingerprint density at radius 3 is 2.22 bits per heavy atom. The fourth-order valence-corrected chi connectivity index (χ4v) is 6.78. The monoisotopic (exact) mass is 560 g/mol. The average molecular weight is 561 g/mol. The molecular weight excluding hydrogens is 535 g/mol. The number of hydrogen-bond acceptors (Lipinski definition) is 6. The van der Waals surface area contributed by atoms with Crippen LogP contribution in [0.25, 0.3) is 0 Å². The molecule has 37 heavy (non-hydrogen) atoms. The second kappa shape index (κ2) is 10.0. The molecule has 0 radical (unpaired) electrons. The molecule has 1 aliphatic heterocycles. The molecule has 0 unspecified atom stereocenters. The van der Waals surface area contributed by atoms with E-state index in [0.29, 0.717) is 33.0 Å². The highest BCUT2D eigenvalue weighted by Crippen LogP contribution is 2.52. The molecule has 1 heterocycles. The van der Waals surface area contributed by atoms with Gasteiger partial charge >= 0.3 is 0 Å². The molecule has 0 amide bonds. The van der Waals surface area contributed by atoms with Crippen LogP contribution < -0.4 is 24.2 Å². The molecule has 0 saturated carbocycles. The molecule has 0 saturated heterocycles. The normalized spacial score (nSPS) is 20.0. The summed E-state index contributed by atoms with van der Waals surface area (Å²) in [5.41, 5.74) is 3.09. The third kappa shape index (κ3) is 4.81. The molecule has 3 aromatic rings. The fraction of sp³-hybridized carbons (Fsp3) is 0.259. The van der Waals surface area contributed by atoms with E-state index in [-0.39, 0.29) is 22.8 Å². The molecule has 10 heteroatoms. The van der Waals surface area contributed by atoms with Crippen molar-refractivity contribution < 1.29 is 22.6 Å².